The molecule has 3 N–H and O–H groups in total. The molecular formula is C24H24N2O3S. The molecule has 0 radical (unpaired) electrons. The van der Waals surface area contributed by atoms with Crippen molar-refractivity contribution in [3.8, 4) is 5.75 Å². The van der Waals surface area contributed by atoms with Crippen molar-refractivity contribution < 1.29 is 14.6 Å². The maximum Gasteiger partial charge on any atom is 0.255 e. The fourth-order valence-electron chi connectivity index (χ4n) is 3.23. The summed E-state index contributed by atoms with van der Waals surface area (Å²) in [6.07, 6.45) is -0.636. The maximum atomic E-state index is 12.7. The number of aryl methyl sites for hydroxylation is 1. The molecule has 154 valence electrons. The second-order valence-corrected chi connectivity index (χ2v) is 8.74. The van der Waals surface area contributed by atoms with Crippen LogP contribution in [-0.2, 0) is 6.61 Å². The molecule has 1 heterocycles. The summed E-state index contributed by atoms with van der Waals surface area (Å²) in [6, 6.07) is 20.9. The summed E-state index contributed by atoms with van der Waals surface area (Å²) in [5, 5.41) is 16.0. The Hall–Kier alpha value is -2.96. The Morgan fingerprint density at radius 2 is 1.97 bits per heavy atom. The van der Waals surface area contributed by atoms with Gasteiger partial charge in [-0.15, -0.1) is 11.8 Å². The van der Waals surface area contributed by atoms with Crippen LogP contribution in [0.2, 0.25) is 0 Å². The van der Waals surface area contributed by atoms with Gasteiger partial charge in [0.25, 0.3) is 5.91 Å². The molecule has 1 aliphatic rings. The van der Waals surface area contributed by atoms with Crippen molar-refractivity contribution in [1.29, 1.82) is 0 Å². The van der Waals surface area contributed by atoms with E-state index >= 15 is 0 Å². The van der Waals surface area contributed by atoms with Gasteiger partial charge < -0.3 is 20.5 Å². The average molecular weight is 421 g/mol. The molecule has 0 fully saturated rings. The zero-order valence-corrected chi connectivity index (χ0v) is 17.7. The van der Waals surface area contributed by atoms with E-state index in [1.165, 1.54) is 5.56 Å². The number of thioether (sulfide) groups is 1. The van der Waals surface area contributed by atoms with Gasteiger partial charge in [0.15, 0.2) is 0 Å². The molecule has 1 aliphatic heterocycles. The number of fused-ring (bicyclic) bond motifs is 1. The van der Waals surface area contributed by atoms with Gasteiger partial charge in [-0.2, -0.15) is 0 Å². The van der Waals surface area contributed by atoms with E-state index in [2.05, 4.69) is 23.6 Å². The Morgan fingerprint density at radius 1 is 1.13 bits per heavy atom. The standard InChI is InChI=1S/C24H24N2O3S/c1-15-6-3-4-7-18(15)14-29-20-9-5-8-19(13-20)25-24(28)17-10-11-22-21(12-17)26-23(27)16(2)30-22/h3-13,16,23,26-27H,14H2,1-2H3,(H,25,28). The molecule has 3 aromatic rings. The summed E-state index contributed by atoms with van der Waals surface area (Å²) >= 11 is 1.59. The second-order valence-electron chi connectivity index (χ2n) is 7.32. The Balaban J connectivity index is 1.43. The third-order valence-corrected chi connectivity index (χ3v) is 6.29. The van der Waals surface area contributed by atoms with Crippen LogP contribution in [0.25, 0.3) is 0 Å². The van der Waals surface area contributed by atoms with Crippen LogP contribution in [0.1, 0.15) is 28.4 Å². The van der Waals surface area contributed by atoms with Crippen molar-refractivity contribution >= 4 is 29.0 Å². The minimum absolute atomic E-state index is 0.0552. The highest BCUT2D eigenvalue weighted by Crippen LogP contribution is 2.37. The van der Waals surface area contributed by atoms with Gasteiger partial charge in [0.05, 0.1) is 10.9 Å². The topological polar surface area (TPSA) is 70.6 Å². The van der Waals surface area contributed by atoms with E-state index in [1.807, 2.05) is 55.5 Å². The van der Waals surface area contributed by atoms with Gasteiger partial charge in [0.2, 0.25) is 0 Å². The van der Waals surface area contributed by atoms with E-state index in [-0.39, 0.29) is 11.2 Å². The first kappa shape index (κ1) is 20.3. The summed E-state index contributed by atoms with van der Waals surface area (Å²) in [5.74, 6) is 0.477. The normalized spacial score (nSPS) is 17.6. The number of rotatable bonds is 5. The third kappa shape index (κ3) is 4.61. The molecule has 30 heavy (non-hydrogen) atoms. The first-order valence-electron chi connectivity index (χ1n) is 9.83. The lowest BCUT2D eigenvalue weighted by molar-refractivity contribution is 0.102. The highest BCUT2D eigenvalue weighted by Gasteiger charge is 2.24. The van der Waals surface area contributed by atoms with Gasteiger partial charge in [-0.3, -0.25) is 4.79 Å². The number of nitrogens with one attached hydrogen (secondary N) is 2. The van der Waals surface area contributed by atoms with E-state index in [4.69, 9.17) is 4.74 Å². The number of amides is 1. The van der Waals surface area contributed by atoms with E-state index < -0.39 is 6.23 Å². The minimum Gasteiger partial charge on any atom is -0.489 e. The summed E-state index contributed by atoms with van der Waals surface area (Å²) in [5.41, 5.74) is 4.27. The first-order valence-corrected chi connectivity index (χ1v) is 10.7. The van der Waals surface area contributed by atoms with Crippen molar-refractivity contribution in [3.05, 3.63) is 83.4 Å². The van der Waals surface area contributed by atoms with Crippen LogP contribution in [0.3, 0.4) is 0 Å². The number of hydrogen-bond donors (Lipinski definition) is 3. The van der Waals surface area contributed by atoms with Crippen molar-refractivity contribution in [2.45, 2.75) is 36.8 Å². The molecule has 0 aliphatic carbocycles. The summed E-state index contributed by atoms with van der Waals surface area (Å²) in [7, 11) is 0. The molecule has 0 saturated heterocycles. The van der Waals surface area contributed by atoms with Crippen LogP contribution in [0.4, 0.5) is 11.4 Å². The summed E-state index contributed by atoms with van der Waals surface area (Å²) < 4.78 is 5.91. The lowest BCUT2D eigenvalue weighted by Crippen LogP contribution is -2.32. The number of anilines is 2. The zero-order valence-electron chi connectivity index (χ0n) is 16.9. The van der Waals surface area contributed by atoms with Gasteiger partial charge in [0, 0.05) is 22.2 Å². The molecule has 2 atom stereocenters. The molecule has 1 amide bonds. The number of ether oxygens (including phenoxy) is 1. The molecular weight excluding hydrogens is 396 g/mol. The van der Waals surface area contributed by atoms with E-state index in [0.717, 1.165) is 16.1 Å². The Labute approximate surface area is 180 Å². The van der Waals surface area contributed by atoms with E-state index in [0.29, 0.717) is 23.6 Å². The number of carbonyl (C=O) groups excluding carboxylic acids is 1. The van der Waals surface area contributed by atoms with Crippen LogP contribution < -0.4 is 15.4 Å². The molecule has 6 heteroatoms. The van der Waals surface area contributed by atoms with Crippen LogP contribution in [0, 0.1) is 6.92 Å². The minimum atomic E-state index is -0.636. The van der Waals surface area contributed by atoms with Crippen LogP contribution in [-0.4, -0.2) is 22.5 Å². The van der Waals surface area contributed by atoms with Crippen LogP contribution in [0.15, 0.2) is 71.6 Å². The lowest BCUT2D eigenvalue weighted by atomic mass is 10.1. The van der Waals surface area contributed by atoms with Gasteiger partial charge in [-0.1, -0.05) is 30.3 Å². The molecule has 0 spiro atoms. The van der Waals surface area contributed by atoms with Crippen molar-refractivity contribution in [1.82, 2.24) is 0 Å². The smallest absolute Gasteiger partial charge is 0.255 e. The maximum absolute atomic E-state index is 12.7. The van der Waals surface area contributed by atoms with Gasteiger partial charge in [0.1, 0.15) is 18.6 Å². The van der Waals surface area contributed by atoms with E-state index in [9.17, 15) is 9.90 Å². The SMILES string of the molecule is Cc1ccccc1COc1cccc(NC(=O)c2ccc3c(c2)NC(O)C(C)S3)c1. The number of aliphatic hydroxyl groups is 1. The lowest BCUT2D eigenvalue weighted by Gasteiger charge is -2.28. The Morgan fingerprint density at radius 3 is 2.80 bits per heavy atom. The Bertz CT molecular complexity index is 1070. The monoisotopic (exact) mass is 420 g/mol. The summed E-state index contributed by atoms with van der Waals surface area (Å²) in [4.78, 5) is 13.8. The highest BCUT2D eigenvalue weighted by atomic mass is 32.2. The molecule has 4 rings (SSSR count). The molecule has 0 bridgehead atoms. The number of hydrogen-bond acceptors (Lipinski definition) is 5. The van der Waals surface area contributed by atoms with Crippen molar-refractivity contribution in [2.24, 2.45) is 0 Å². The Kier molecular flexibility index (Phi) is 5.97. The fraction of sp³-hybridized carbons (Fsp3) is 0.208. The van der Waals surface area contributed by atoms with Crippen molar-refractivity contribution in [2.75, 3.05) is 10.6 Å². The number of benzene rings is 3. The van der Waals surface area contributed by atoms with E-state index in [1.54, 1.807) is 23.9 Å². The molecule has 5 nitrogen and oxygen atoms in total. The van der Waals surface area contributed by atoms with Gasteiger partial charge >= 0.3 is 0 Å². The van der Waals surface area contributed by atoms with Gasteiger partial charge in [-0.05, 0) is 55.3 Å². The first-order chi connectivity index (χ1) is 14.5. The fourth-order valence-corrected chi connectivity index (χ4v) is 4.22. The number of aliphatic hydroxyl groups excluding tert-OH is 1. The van der Waals surface area contributed by atoms with Gasteiger partial charge in [-0.25, -0.2) is 0 Å². The molecule has 2 unspecified atom stereocenters. The predicted molar refractivity (Wildman–Crippen MR) is 121 cm³/mol. The summed E-state index contributed by atoms with van der Waals surface area (Å²) in [6.45, 7) is 4.49. The number of carbonyl (C=O) groups is 1. The average Bonchev–Trinajstić information content (AvgIpc) is 2.74. The molecule has 0 saturated carbocycles. The highest BCUT2D eigenvalue weighted by molar-refractivity contribution is 8.00. The predicted octanol–water partition coefficient (Wildman–Crippen LogP) is 5.05. The van der Waals surface area contributed by atoms with Crippen LogP contribution >= 0.6 is 11.8 Å². The second kappa shape index (κ2) is 8.81. The van der Waals surface area contributed by atoms with Crippen LogP contribution in [0.5, 0.6) is 5.75 Å². The molecule has 0 aromatic heterocycles. The third-order valence-electron chi connectivity index (χ3n) is 5.05. The largest absolute Gasteiger partial charge is 0.489 e. The molecule has 3 aromatic carbocycles. The quantitative estimate of drug-likeness (QED) is 0.539. The zero-order chi connectivity index (χ0) is 21.1. The van der Waals surface area contributed by atoms with Crippen molar-refractivity contribution in [3.63, 3.8) is 0 Å².